The number of rotatable bonds is 5. The Morgan fingerprint density at radius 3 is 1.97 bits per heavy atom. The van der Waals surface area contributed by atoms with Gasteiger partial charge in [-0.1, -0.05) is 48.5 Å². The Balaban J connectivity index is 1.16. The van der Waals surface area contributed by atoms with Crippen molar-refractivity contribution in [1.82, 2.24) is 0 Å². The van der Waals surface area contributed by atoms with Crippen molar-refractivity contribution in [2.45, 2.75) is 57.8 Å². The molecule has 0 aliphatic heterocycles. The smallest absolute Gasteiger partial charge is 0.308 e. The van der Waals surface area contributed by atoms with Crippen LogP contribution in [0, 0.1) is 24.7 Å². The summed E-state index contributed by atoms with van der Waals surface area (Å²) in [5, 5.41) is 0. The minimum absolute atomic E-state index is 0.306. The van der Waals surface area contributed by atoms with Gasteiger partial charge in [0.05, 0.1) is 5.69 Å². The molecule has 3 nitrogen and oxygen atoms in total. The van der Waals surface area contributed by atoms with Crippen LogP contribution in [0.25, 0.3) is 11.1 Å². The number of carbonyl (C=O) groups excluding carboxylic acids is 1. The second-order valence-electron chi connectivity index (χ2n) is 11.2. The van der Waals surface area contributed by atoms with E-state index in [-0.39, 0.29) is 5.97 Å². The van der Waals surface area contributed by atoms with Crippen molar-refractivity contribution < 1.29 is 9.53 Å². The molecule has 35 heavy (non-hydrogen) atoms. The van der Waals surface area contributed by atoms with Crippen LogP contribution in [0.4, 0.5) is 5.69 Å². The number of ether oxygens (including phenoxy) is 1. The molecular weight excluding hydrogens is 430 g/mol. The van der Waals surface area contributed by atoms with Crippen LogP contribution in [0.15, 0.2) is 71.7 Å². The van der Waals surface area contributed by atoms with Gasteiger partial charge >= 0.3 is 5.97 Å². The zero-order valence-corrected chi connectivity index (χ0v) is 20.7. The Kier molecular flexibility index (Phi) is 5.59. The minimum atomic E-state index is -0.306. The van der Waals surface area contributed by atoms with Crippen LogP contribution < -0.4 is 4.74 Å². The molecule has 0 amide bonds. The van der Waals surface area contributed by atoms with Gasteiger partial charge in [0.2, 0.25) is 0 Å². The molecule has 4 fully saturated rings. The second kappa shape index (κ2) is 8.78. The Bertz CT molecular complexity index is 1230. The zero-order valence-electron chi connectivity index (χ0n) is 20.7. The van der Waals surface area contributed by atoms with Gasteiger partial charge in [-0.2, -0.15) is 0 Å². The Morgan fingerprint density at radius 1 is 0.857 bits per heavy atom. The topological polar surface area (TPSA) is 38.7 Å². The summed E-state index contributed by atoms with van der Waals surface area (Å²) in [6, 6.07) is 23.0. The Hall–Kier alpha value is -3.20. The molecule has 3 aromatic rings. The number of benzene rings is 3. The van der Waals surface area contributed by atoms with Crippen LogP contribution in [-0.4, -0.2) is 12.2 Å². The van der Waals surface area contributed by atoms with E-state index in [1.165, 1.54) is 51.0 Å². The van der Waals surface area contributed by atoms with Gasteiger partial charge in [0.15, 0.2) is 0 Å². The summed E-state index contributed by atoms with van der Waals surface area (Å²) in [5.41, 5.74) is 7.62. The van der Waals surface area contributed by atoms with Crippen LogP contribution in [-0.2, 0) is 10.2 Å². The lowest BCUT2D eigenvalue weighted by Gasteiger charge is -2.57. The van der Waals surface area contributed by atoms with E-state index in [0.29, 0.717) is 11.2 Å². The first-order valence-corrected chi connectivity index (χ1v) is 13.0. The summed E-state index contributed by atoms with van der Waals surface area (Å²) >= 11 is 0. The fraction of sp³-hybridized carbons (Fsp3) is 0.375. The maximum Gasteiger partial charge on any atom is 0.308 e. The molecule has 0 unspecified atom stereocenters. The van der Waals surface area contributed by atoms with Gasteiger partial charge in [-0.05, 0) is 115 Å². The molecule has 0 spiro atoms. The number of esters is 1. The zero-order chi connectivity index (χ0) is 24.0. The Morgan fingerprint density at radius 2 is 1.43 bits per heavy atom. The van der Waals surface area contributed by atoms with E-state index in [9.17, 15) is 4.79 Å². The largest absolute Gasteiger partial charge is 0.427 e. The minimum Gasteiger partial charge on any atom is -0.427 e. The number of aliphatic imine (C=N–C) groups is 1. The molecule has 0 radical (unpaired) electrons. The van der Waals surface area contributed by atoms with Crippen LogP contribution in [0.5, 0.6) is 5.75 Å². The summed E-state index contributed by atoms with van der Waals surface area (Å²) in [7, 11) is 0. The number of nitrogens with zero attached hydrogens (tertiary/aromatic N) is 1. The number of hydrogen-bond donors (Lipinski definition) is 0. The predicted molar refractivity (Wildman–Crippen MR) is 141 cm³/mol. The van der Waals surface area contributed by atoms with Crippen molar-refractivity contribution in [3.63, 3.8) is 0 Å². The fourth-order valence-corrected chi connectivity index (χ4v) is 7.38. The monoisotopic (exact) mass is 463 g/mol. The van der Waals surface area contributed by atoms with Gasteiger partial charge in [-0.15, -0.1) is 0 Å². The van der Waals surface area contributed by atoms with Crippen molar-refractivity contribution >= 4 is 17.9 Å². The van der Waals surface area contributed by atoms with E-state index in [2.05, 4.69) is 49.4 Å². The highest BCUT2D eigenvalue weighted by atomic mass is 16.5. The molecule has 0 aromatic heterocycles. The quantitative estimate of drug-likeness (QED) is 0.220. The normalized spacial score (nSPS) is 26.9. The molecule has 178 valence electrons. The van der Waals surface area contributed by atoms with Gasteiger partial charge in [0.25, 0.3) is 0 Å². The molecular formula is C32H33NO2. The molecule has 0 heterocycles. The van der Waals surface area contributed by atoms with Gasteiger partial charge in [-0.25, -0.2) is 0 Å². The molecule has 4 bridgehead atoms. The first-order chi connectivity index (χ1) is 17.0. The molecule has 4 aliphatic carbocycles. The van der Waals surface area contributed by atoms with Gasteiger partial charge in [-0.3, -0.25) is 9.79 Å². The van der Waals surface area contributed by atoms with Crippen molar-refractivity contribution in [1.29, 1.82) is 0 Å². The van der Waals surface area contributed by atoms with Crippen molar-refractivity contribution in [2.24, 2.45) is 22.7 Å². The molecule has 0 N–H and O–H groups in total. The number of aryl methyl sites for hydroxylation is 1. The third-order valence-corrected chi connectivity index (χ3v) is 8.56. The highest BCUT2D eigenvalue weighted by Crippen LogP contribution is 2.60. The van der Waals surface area contributed by atoms with E-state index in [1.807, 2.05) is 30.5 Å². The number of carbonyl (C=O) groups is 1. The summed E-state index contributed by atoms with van der Waals surface area (Å²) < 4.78 is 5.12. The maximum atomic E-state index is 11.1. The van der Waals surface area contributed by atoms with Crippen LogP contribution >= 0.6 is 0 Å². The molecule has 4 aliphatic rings. The number of hydrogen-bond acceptors (Lipinski definition) is 3. The fourth-order valence-electron chi connectivity index (χ4n) is 7.38. The summed E-state index contributed by atoms with van der Waals surface area (Å²) in [6.45, 7) is 3.62. The predicted octanol–water partition coefficient (Wildman–Crippen LogP) is 7.81. The standard InChI is InChI=1S/C32H33NO2/c1-21-13-29(32-17-24-14-25(18-32)16-26(15-24)19-32)9-12-31(21)33-20-23-3-5-27(6-4-23)28-7-10-30(11-8-28)35-22(2)34/h3-13,20,24-26H,14-19H2,1-2H3. The summed E-state index contributed by atoms with van der Waals surface area (Å²) in [4.78, 5) is 15.9. The third kappa shape index (κ3) is 4.45. The third-order valence-electron chi connectivity index (χ3n) is 8.56. The first-order valence-electron chi connectivity index (χ1n) is 13.0. The van der Waals surface area contributed by atoms with Crippen molar-refractivity contribution in [3.05, 3.63) is 83.4 Å². The molecule has 4 saturated carbocycles. The highest BCUT2D eigenvalue weighted by Gasteiger charge is 2.51. The summed E-state index contributed by atoms with van der Waals surface area (Å²) in [6.07, 6.45) is 10.6. The van der Waals surface area contributed by atoms with Gasteiger partial charge < -0.3 is 4.74 Å². The van der Waals surface area contributed by atoms with Crippen molar-refractivity contribution in [3.8, 4) is 16.9 Å². The molecule has 0 atom stereocenters. The second-order valence-corrected chi connectivity index (χ2v) is 11.2. The average molecular weight is 464 g/mol. The summed E-state index contributed by atoms with van der Waals surface area (Å²) in [5.74, 6) is 3.16. The van der Waals surface area contributed by atoms with Crippen LogP contribution in [0.2, 0.25) is 0 Å². The van der Waals surface area contributed by atoms with E-state index in [4.69, 9.17) is 9.73 Å². The highest BCUT2D eigenvalue weighted by molar-refractivity contribution is 5.83. The Labute approximate surface area is 208 Å². The molecule has 3 heteroatoms. The van der Waals surface area contributed by atoms with Crippen molar-refractivity contribution in [2.75, 3.05) is 0 Å². The molecule has 7 rings (SSSR count). The average Bonchev–Trinajstić information content (AvgIpc) is 2.83. The van der Waals surface area contributed by atoms with Crippen LogP contribution in [0.3, 0.4) is 0 Å². The van der Waals surface area contributed by atoms with Crippen LogP contribution in [0.1, 0.15) is 62.1 Å². The van der Waals surface area contributed by atoms with E-state index >= 15 is 0 Å². The van der Waals surface area contributed by atoms with Gasteiger partial charge in [0, 0.05) is 13.1 Å². The SMILES string of the molecule is CC(=O)Oc1ccc(-c2ccc(C=Nc3ccc(C45CC6CC(CC(C6)C4)C5)cc3C)cc2)cc1. The lowest BCUT2D eigenvalue weighted by Crippen LogP contribution is -2.48. The lowest BCUT2D eigenvalue weighted by molar-refractivity contribution is -0.131. The van der Waals surface area contributed by atoms with E-state index in [1.54, 1.807) is 5.56 Å². The first kappa shape index (κ1) is 22.3. The van der Waals surface area contributed by atoms with E-state index in [0.717, 1.165) is 40.1 Å². The maximum absolute atomic E-state index is 11.1. The molecule has 3 aromatic carbocycles. The van der Waals surface area contributed by atoms with Gasteiger partial charge in [0.1, 0.15) is 5.75 Å². The molecule has 0 saturated heterocycles. The van der Waals surface area contributed by atoms with E-state index < -0.39 is 0 Å². The lowest BCUT2D eigenvalue weighted by atomic mass is 9.48.